The number of hydrogen-bond donors (Lipinski definition) is 1. The highest BCUT2D eigenvalue weighted by atomic mass is 16.2. The molecule has 0 saturated carbocycles. The lowest BCUT2D eigenvalue weighted by atomic mass is 9.98. The molecule has 1 unspecified atom stereocenters. The largest absolute Gasteiger partial charge is 0.370 e. The van der Waals surface area contributed by atoms with Gasteiger partial charge < -0.3 is 10.6 Å². The number of piperidine rings is 1. The Labute approximate surface area is 154 Å². The molecule has 0 aromatic heterocycles. The fourth-order valence-corrected chi connectivity index (χ4v) is 3.45. The van der Waals surface area contributed by atoms with Crippen molar-refractivity contribution in [3.05, 3.63) is 66.2 Å². The number of rotatable bonds is 5. The normalized spacial score (nSPS) is 17.4. The molecule has 1 saturated heterocycles. The second kappa shape index (κ2) is 8.48. The van der Waals surface area contributed by atoms with Crippen molar-refractivity contribution in [2.75, 3.05) is 6.54 Å². The van der Waals surface area contributed by atoms with Crippen molar-refractivity contribution in [1.82, 2.24) is 4.90 Å². The first-order valence-electron chi connectivity index (χ1n) is 9.06. The smallest absolute Gasteiger partial charge is 0.246 e. The van der Waals surface area contributed by atoms with E-state index >= 15 is 0 Å². The third-order valence-corrected chi connectivity index (χ3v) is 4.76. The number of carbonyl (C=O) groups is 2. The Bertz CT molecular complexity index is 799. The third kappa shape index (κ3) is 4.60. The van der Waals surface area contributed by atoms with Crippen molar-refractivity contribution in [2.24, 2.45) is 5.73 Å². The summed E-state index contributed by atoms with van der Waals surface area (Å²) in [4.78, 5) is 25.6. The molecule has 0 aliphatic carbocycles. The van der Waals surface area contributed by atoms with Crippen molar-refractivity contribution in [3.63, 3.8) is 0 Å². The molecular weight excluding hydrogens is 324 g/mol. The first-order valence-corrected chi connectivity index (χ1v) is 9.06. The van der Waals surface area contributed by atoms with Crippen molar-refractivity contribution in [1.29, 1.82) is 0 Å². The van der Waals surface area contributed by atoms with Gasteiger partial charge in [0.15, 0.2) is 0 Å². The van der Waals surface area contributed by atoms with Gasteiger partial charge in [-0.25, -0.2) is 0 Å². The Balaban J connectivity index is 1.72. The molecule has 134 valence electrons. The van der Waals surface area contributed by atoms with Gasteiger partial charge in [-0.2, -0.15) is 0 Å². The number of primary amides is 1. The van der Waals surface area contributed by atoms with Gasteiger partial charge in [-0.3, -0.25) is 9.59 Å². The molecule has 0 bridgehead atoms. The van der Waals surface area contributed by atoms with Gasteiger partial charge in [0, 0.05) is 25.1 Å². The van der Waals surface area contributed by atoms with Crippen LogP contribution in [0, 0.1) is 0 Å². The molecule has 2 aromatic rings. The van der Waals surface area contributed by atoms with Crippen molar-refractivity contribution < 1.29 is 9.59 Å². The number of amides is 2. The molecule has 1 atom stereocenters. The maximum Gasteiger partial charge on any atom is 0.246 e. The molecule has 26 heavy (non-hydrogen) atoms. The summed E-state index contributed by atoms with van der Waals surface area (Å²) < 4.78 is 0. The van der Waals surface area contributed by atoms with Crippen LogP contribution in [0.2, 0.25) is 0 Å². The SMILES string of the molecule is NC(=O)CC1CCCCN1C(=O)C=Cc1cccc(-c2ccccc2)c1. The van der Waals surface area contributed by atoms with Crippen LogP contribution in [-0.2, 0) is 9.59 Å². The molecule has 2 amide bonds. The Kier molecular flexibility index (Phi) is 5.84. The predicted molar refractivity (Wildman–Crippen MR) is 104 cm³/mol. The summed E-state index contributed by atoms with van der Waals surface area (Å²) in [7, 11) is 0. The molecule has 1 heterocycles. The molecule has 0 spiro atoms. The quantitative estimate of drug-likeness (QED) is 0.839. The molecule has 0 radical (unpaired) electrons. The summed E-state index contributed by atoms with van der Waals surface area (Å²) in [5.41, 5.74) is 8.56. The minimum Gasteiger partial charge on any atom is -0.370 e. The number of likely N-dealkylation sites (tertiary alicyclic amines) is 1. The zero-order valence-corrected chi connectivity index (χ0v) is 14.8. The van der Waals surface area contributed by atoms with Crippen molar-refractivity contribution >= 4 is 17.9 Å². The zero-order chi connectivity index (χ0) is 18.4. The number of benzene rings is 2. The van der Waals surface area contributed by atoms with E-state index in [-0.39, 0.29) is 24.3 Å². The van der Waals surface area contributed by atoms with E-state index in [1.54, 1.807) is 11.0 Å². The average Bonchev–Trinajstić information content (AvgIpc) is 2.67. The minimum atomic E-state index is -0.353. The number of hydrogen-bond acceptors (Lipinski definition) is 2. The molecule has 4 nitrogen and oxygen atoms in total. The van der Waals surface area contributed by atoms with Gasteiger partial charge in [0.1, 0.15) is 0 Å². The van der Waals surface area contributed by atoms with Crippen LogP contribution in [0.3, 0.4) is 0 Å². The standard InChI is InChI=1S/C22H24N2O2/c23-21(25)16-20-11-4-5-14-24(20)22(26)13-12-17-7-6-10-19(15-17)18-8-2-1-3-9-18/h1-3,6-10,12-13,15,20H,4-5,11,14,16H2,(H2,23,25). The first-order chi connectivity index (χ1) is 12.6. The van der Waals surface area contributed by atoms with Crippen LogP contribution in [0.4, 0.5) is 0 Å². The summed E-state index contributed by atoms with van der Waals surface area (Å²) in [5.74, 6) is -0.407. The lowest BCUT2D eigenvalue weighted by Gasteiger charge is -2.34. The van der Waals surface area contributed by atoms with Gasteiger partial charge in [0.25, 0.3) is 0 Å². The summed E-state index contributed by atoms with van der Waals surface area (Å²) in [5, 5.41) is 0. The zero-order valence-electron chi connectivity index (χ0n) is 14.8. The number of carbonyl (C=O) groups excluding carboxylic acids is 2. The van der Waals surface area contributed by atoms with E-state index in [9.17, 15) is 9.59 Å². The predicted octanol–water partition coefficient (Wildman–Crippen LogP) is 3.62. The minimum absolute atomic E-state index is 0.0546. The van der Waals surface area contributed by atoms with Gasteiger partial charge in [0.05, 0.1) is 0 Å². The van der Waals surface area contributed by atoms with Crippen LogP contribution < -0.4 is 5.73 Å². The van der Waals surface area contributed by atoms with Crippen molar-refractivity contribution in [3.8, 4) is 11.1 Å². The van der Waals surface area contributed by atoms with Gasteiger partial charge in [-0.05, 0) is 48.1 Å². The van der Waals surface area contributed by atoms with E-state index in [2.05, 4.69) is 24.3 Å². The first kappa shape index (κ1) is 17.9. The molecule has 1 aliphatic heterocycles. The van der Waals surface area contributed by atoms with Crippen LogP contribution in [0.15, 0.2) is 60.7 Å². The molecule has 1 fully saturated rings. The molecular formula is C22H24N2O2. The van der Waals surface area contributed by atoms with E-state index in [0.717, 1.165) is 36.0 Å². The Morgan fingerprint density at radius 1 is 1.04 bits per heavy atom. The van der Waals surface area contributed by atoms with E-state index < -0.39 is 0 Å². The van der Waals surface area contributed by atoms with Gasteiger partial charge >= 0.3 is 0 Å². The molecule has 4 heteroatoms. The van der Waals surface area contributed by atoms with Gasteiger partial charge in [-0.1, -0.05) is 48.5 Å². The van der Waals surface area contributed by atoms with Crippen LogP contribution >= 0.6 is 0 Å². The van der Waals surface area contributed by atoms with Gasteiger partial charge in [-0.15, -0.1) is 0 Å². The molecule has 2 aromatic carbocycles. The monoisotopic (exact) mass is 348 g/mol. The lowest BCUT2D eigenvalue weighted by Crippen LogP contribution is -2.44. The van der Waals surface area contributed by atoms with Crippen molar-refractivity contribution in [2.45, 2.75) is 31.7 Å². The van der Waals surface area contributed by atoms with Crippen LogP contribution in [0.5, 0.6) is 0 Å². The fourth-order valence-electron chi connectivity index (χ4n) is 3.45. The topological polar surface area (TPSA) is 63.4 Å². The van der Waals surface area contributed by atoms with Crippen LogP contribution in [0.1, 0.15) is 31.2 Å². The average molecular weight is 348 g/mol. The second-order valence-corrected chi connectivity index (χ2v) is 6.68. The molecule has 2 N–H and O–H groups in total. The molecule has 3 rings (SSSR count). The summed E-state index contributed by atoms with van der Waals surface area (Å²) in [6, 6.07) is 18.2. The van der Waals surface area contributed by atoms with Crippen LogP contribution in [-0.4, -0.2) is 29.3 Å². The van der Waals surface area contributed by atoms with E-state index in [4.69, 9.17) is 5.73 Å². The fraction of sp³-hybridized carbons (Fsp3) is 0.273. The maximum atomic E-state index is 12.6. The Hall–Kier alpha value is -2.88. The highest BCUT2D eigenvalue weighted by molar-refractivity contribution is 5.92. The number of nitrogens with two attached hydrogens (primary N) is 1. The highest BCUT2D eigenvalue weighted by Crippen LogP contribution is 2.22. The van der Waals surface area contributed by atoms with Crippen LogP contribution in [0.25, 0.3) is 17.2 Å². The Morgan fingerprint density at radius 2 is 1.81 bits per heavy atom. The van der Waals surface area contributed by atoms with E-state index in [0.29, 0.717) is 6.54 Å². The van der Waals surface area contributed by atoms with Gasteiger partial charge in [0.2, 0.25) is 11.8 Å². The lowest BCUT2D eigenvalue weighted by molar-refractivity contribution is -0.130. The Morgan fingerprint density at radius 3 is 2.58 bits per heavy atom. The summed E-state index contributed by atoms with van der Waals surface area (Å²) >= 11 is 0. The van der Waals surface area contributed by atoms with E-state index in [1.165, 1.54) is 0 Å². The van der Waals surface area contributed by atoms with E-state index in [1.807, 2.05) is 36.4 Å². The second-order valence-electron chi connectivity index (χ2n) is 6.68. The highest BCUT2D eigenvalue weighted by Gasteiger charge is 2.26. The third-order valence-electron chi connectivity index (χ3n) is 4.76. The summed E-state index contributed by atoms with van der Waals surface area (Å²) in [6.07, 6.45) is 6.52. The maximum absolute atomic E-state index is 12.6. The summed E-state index contributed by atoms with van der Waals surface area (Å²) in [6.45, 7) is 0.686. The molecule has 1 aliphatic rings. The number of nitrogens with zero attached hydrogens (tertiary/aromatic N) is 1.